The lowest BCUT2D eigenvalue weighted by molar-refractivity contribution is -0.140. The van der Waals surface area contributed by atoms with Gasteiger partial charge >= 0.3 is 7.12 Å². The Labute approximate surface area is 122 Å². The molecule has 1 heterocycles. The molecule has 1 atom stereocenters. The molecule has 2 aliphatic carbocycles. The van der Waals surface area contributed by atoms with E-state index in [4.69, 9.17) is 9.31 Å². The van der Waals surface area contributed by atoms with Crippen LogP contribution in [-0.4, -0.2) is 24.1 Å². The van der Waals surface area contributed by atoms with Crippen molar-refractivity contribution in [3.63, 3.8) is 0 Å². The predicted molar refractivity (Wildman–Crippen MR) is 79.6 cm³/mol. The van der Waals surface area contributed by atoms with Crippen molar-refractivity contribution in [1.29, 1.82) is 0 Å². The smallest absolute Gasteiger partial charge is 0.403 e. The molecule has 0 radical (unpaired) electrons. The third-order valence-electron chi connectivity index (χ3n) is 6.27. The van der Waals surface area contributed by atoms with Gasteiger partial charge in [0.2, 0.25) is 0 Å². The zero-order valence-corrected chi connectivity index (χ0v) is 13.3. The van der Waals surface area contributed by atoms with E-state index in [1.54, 1.807) is 0 Å². The number of Topliss-reactive ketones (excluding diaryl/α,β-unsaturated/α-hetero) is 1. The van der Waals surface area contributed by atoms with Crippen molar-refractivity contribution >= 4 is 12.9 Å². The number of hydrogen-bond acceptors (Lipinski definition) is 3. The van der Waals surface area contributed by atoms with Crippen molar-refractivity contribution in [2.24, 2.45) is 5.41 Å². The van der Waals surface area contributed by atoms with Gasteiger partial charge < -0.3 is 9.31 Å². The van der Waals surface area contributed by atoms with Crippen molar-refractivity contribution < 1.29 is 14.1 Å². The van der Waals surface area contributed by atoms with Gasteiger partial charge in [0.1, 0.15) is 5.78 Å². The zero-order valence-electron chi connectivity index (χ0n) is 13.3. The maximum absolute atomic E-state index is 12.3. The van der Waals surface area contributed by atoms with Crippen molar-refractivity contribution in [3.8, 4) is 0 Å². The van der Waals surface area contributed by atoms with Crippen LogP contribution in [0.3, 0.4) is 0 Å². The van der Waals surface area contributed by atoms with Crippen molar-refractivity contribution in [2.75, 3.05) is 0 Å². The summed E-state index contributed by atoms with van der Waals surface area (Å²) in [6.45, 7) is 8.36. The summed E-state index contributed by atoms with van der Waals surface area (Å²) in [7, 11) is -0.198. The van der Waals surface area contributed by atoms with Gasteiger partial charge in [0.05, 0.1) is 11.2 Å². The molecule has 4 heteroatoms. The minimum Gasteiger partial charge on any atom is -0.403 e. The highest BCUT2D eigenvalue weighted by Gasteiger charge is 2.64. The topological polar surface area (TPSA) is 35.5 Å². The first-order valence-corrected chi connectivity index (χ1v) is 8.17. The Kier molecular flexibility index (Phi) is 3.34. The molecule has 1 spiro atoms. The molecule has 3 aliphatic rings. The van der Waals surface area contributed by atoms with Crippen molar-refractivity contribution in [1.82, 2.24) is 0 Å². The maximum Gasteiger partial charge on any atom is 0.462 e. The lowest BCUT2D eigenvalue weighted by Crippen LogP contribution is -2.53. The third kappa shape index (κ3) is 1.99. The van der Waals surface area contributed by atoms with E-state index in [0.717, 1.165) is 12.8 Å². The summed E-state index contributed by atoms with van der Waals surface area (Å²) in [5.41, 5.74) is -0.706. The lowest BCUT2D eigenvalue weighted by atomic mass is 9.43. The maximum atomic E-state index is 12.3. The fraction of sp³-hybridized carbons (Fsp3) is 0.938. The van der Waals surface area contributed by atoms with Gasteiger partial charge in [-0.3, -0.25) is 4.79 Å². The Hall–Kier alpha value is -0.345. The predicted octanol–water partition coefficient (Wildman–Crippen LogP) is 3.76. The highest BCUT2D eigenvalue weighted by atomic mass is 16.7. The molecule has 0 aromatic heterocycles. The van der Waals surface area contributed by atoms with E-state index in [-0.39, 0.29) is 29.6 Å². The summed E-state index contributed by atoms with van der Waals surface area (Å²) in [5.74, 6) is 0.730. The second kappa shape index (κ2) is 4.57. The van der Waals surface area contributed by atoms with Crippen molar-refractivity contribution in [2.45, 2.75) is 89.7 Å². The normalized spacial score (nSPS) is 34.9. The summed E-state index contributed by atoms with van der Waals surface area (Å²) in [6.07, 6.45) is 7.64. The molecule has 1 unspecified atom stereocenters. The average molecular weight is 278 g/mol. The molecule has 0 aromatic rings. The number of carbonyl (C=O) groups is 1. The summed E-state index contributed by atoms with van der Waals surface area (Å²) in [4.78, 5) is 12.3. The molecule has 112 valence electrons. The van der Waals surface area contributed by atoms with Crippen LogP contribution in [-0.2, 0) is 14.1 Å². The molecule has 3 fully saturated rings. The molecule has 0 aromatic carbocycles. The van der Waals surface area contributed by atoms with Crippen LogP contribution in [0.25, 0.3) is 0 Å². The Morgan fingerprint density at radius 2 is 1.45 bits per heavy atom. The van der Waals surface area contributed by atoms with Gasteiger partial charge in [-0.2, -0.15) is 0 Å². The van der Waals surface area contributed by atoms with Gasteiger partial charge in [0, 0.05) is 17.7 Å². The van der Waals surface area contributed by atoms with Gasteiger partial charge in [-0.15, -0.1) is 0 Å². The number of rotatable bonds is 1. The molecule has 20 heavy (non-hydrogen) atoms. The highest BCUT2D eigenvalue weighted by molar-refractivity contribution is 6.50. The molecule has 3 rings (SSSR count). The van der Waals surface area contributed by atoms with E-state index in [0.29, 0.717) is 12.2 Å². The quantitative estimate of drug-likeness (QED) is 0.685. The molecule has 1 aliphatic heterocycles. The summed E-state index contributed by atoms with van der Waals surface area (Å²) in [6, 6.07) is 0. The monoisotopic (exact) mass is 278 g/mol. The number of carbonyl (C=O) groups excluding carboxylic acids is 1. The number of ketones is 1. The summed E-state index contributed by atoms with van der Waals surface area (Å²) in [5, 5.41) is 0. The van der Waals surface area contributed by atoms with Gasteiger partial charge in [0.15, 0.2) is 0 Å². The Morgan fingerprint density at radius 3 is 1.90 bits per heavy atom. The first-order valence-electron chi connectivity index (χ1n) is 8.17. The average Bonchev–Trinajstić information content (AvgIpc) is 2.57. The van der Waals surface area contributed by atoms with Gasteiger partial charge in [0.25, 0.3) is 0 Å². The van der Waals surface area contributed by atoms with Crippen LogP contribution in [0.5, 0.6) is 0 Å². The number of hydrogen-bond donors (Lipinski definition) is 0. The first kappa shape index (κ1) is 14.6. The summed E-state index contributed by atoms with van der Waals surface area (Å²) >= 11 is 0. The molecule has 0 amide bonds. The second-order valence-corrected chi connectivity index (χ2v) is 7.93. The highest BCUT2D eigenvalue weighted by Crippen LogP contribution is 2.59. The molecule has 0 N–H and O–H groups in total. The van der Waals surface area contributed by atoms with E-state index >= 15 is 0 Å². The first-order chi connectivity index (χ1) is 9.29. The van der Waals surface area contributed by atoms with E-state index < -0.39 is 0 Å². The van der Waals surface area contributed by atoms with E-state index in [1.807, 2.05) is 0 Å². The van der Waals surface area contributed by atoms with E-state index in [2.05, 4.69) is 27.7 Å². The molecule has 0 bridgehead atoms. The fourth-order valence-electron chi connectivity index (χ4n) is 4.09. The Balaban J connectivity index is 1.80. The molecule has 1 saturated heterocycles. The van der Waals surface area contributed by atoms with E-state index in [9.17, 15) is 4.79 Å². The Bertz CT molecular complexity index is 392. The van der Waals surface area contributed by atoms with Crippen LogP contribution in [0.2, 0.25) is 5.82 Å². The largest absolute Gasteiger partial charge is 0.462 e. The van der Waals surface area contributed by atoms with Crippen LogP contribution in [0, 0.1) is 5.41 Å². The molecule has 3 nitrogen and oxygen atoms in total. The molecule has 2 saturated carbocycles. The van der Waals surface area contributed by atoms with Crippen LogP contribution in [0.1, 0.15) is 72.6 Å². The summed E-state index contributed by atoms with van der Waals surface area (Å²) < 4.78 is 12.4. The van der Waals surface area contributed by atoms with Crippen LogP contribution >= 0.6 is 0 Å². The van der Waals surface area contributed by atoms with E-state index in [1.165, 1.54) is 25.7 Å². The van der Waals surface area contributed by atoms with Crippen LogP contribution in [0.4, 0.5) is 0 Å². The third-order valence-corrected chi connectivity index (χ3v) is 6.27. The van der Waals surface area contributed by atoms with Gasteiger partial charge in [-0.25, -0.2) is 0 Å². The lowest BCUT2D eigenvalue weighted by Gasteiger charge is -2.48. The van der Waals surface area contributed by atoms with Crippen LogP contribution in [0.15, 0.2) is 0 Å². The fourth-order valence-corrected chi connectivity index (χ4v) is 4.09. The van der Waals surface area contributed by atoms with Gasteiger partial charge in [-0.1, -0.05) is 25.7 Å². The minimum atomic E-state index is -0.289. The zero-order chi connectivity index (χ0) is 14.6. The molecular formula is C16H27BO3. The van der Waals surface area contributed by atoms with Crippen LogP contribution < -0.4 is 0 Å². The molecular weight excluding hydrogens is 251 g/mol. The second-order valence-electron chi connectivity index (χ2n) is 7.93. The Morgan fingerprint density at radius 1 is 0.950 bits per heavy atom. The SMILES string of the molecule is CC1(C)OB(C2CC(=O)C23CCCCCC3)OC1(C)C. The standard InChI is InChI=1S/C16H27BO3/c1-14(2)15(3,4)20-17(19-14)12-11-13(18)16(12)9-7-5-6-8-10-16/h12H,5-11H2,1-4H3. The minimum absolute atomic E-state index is 0.127. The van der Waals surface area contributed by atoms with Gasteiger partial charge in [-0.05, 0) is 40.5 Å². The van der Waals surface area contributed by atoms with Crippen molar-refractivity contribution in [3.05, 3.63) is 0 Å².